The summed E-state index contributed by atoms with van der Waals surface area (Å²) in [6.45, 7) is 4.10. The van der Waals surface area contributed by atoms with Gasteiger partial charge in [0.15, 0.2) is 5.82 Å². The lowest BCUT2D eigenvalue weighted by atomic mass is 9.95. The van der Waals surface area contributed by atoms with Crippen molar-refractivity contribution >= 4 is 27.5 Å². The number of ether oxygens (including phenoxy) is 1. The second-order valence-electron chi connectivity index (χ2n) is 11.5. The van der Waals surface area contributed by atoms with Gasteiger partial charge in [-0.25, -0.2) is 8.78 Å². The minimum atomic E-state index is -0.873. The molecule has 8 nitrogen and oxygen atoms in total. The normalized spacial score (nSPS) is 23.0. The van der Waals surface area contributed by atoms with Gasteiger partial charge in [-0.2, -0.15) is 9.97 Å². The van der Waals surface area contributed by atoms with Gasteiger partial charge in [-0.05, 0) is 42.3 Å². The molecule has 3 aliphatic heterocycles. The number of halogens is 2. The van der Waals surface area contributed by atoms with Gasteiger partial charge in [0.2, 0.25) is 0 Å². The number of nitrogens with zero attached hydrogens (tertiary/aromatic N) is 5. The van der Waals surface area contributed by atoms with E-state index in [1.807, 2.05) is 36.2 Å². The van der Waals surface area contributed by atoms with Crippen LogP contribution in [0.4, 0.5) is 14.6 Å². The summed E-state index contributed by atoms with van der Waals surface area (Å²) in [4.78, 5) is 18.0. The summed E-state index contributed by atoms with van der Waals surface area (Å²) in [7, 11) is 1.93. The van der Waals surface area contributed by atoms with Crippen molar-refractivity contribution in [1.82, 2.24) is 25.2 Å². The fraction of sp³-hybridized carbons (Fsp3) is 0.433. The molecule has 4 aromatic rings. The van der Waals surface area contributed by atoms with Crippen molar-refractivity contribution < 1.29 is 18.6 Å². The zero-order valence-electron chi connectivity index (χ0n) is 22.4. The quantitative estimate of drug-likeness (QED) is 0.355. The lowest BCUT2D eigenvalue weighted by Gasteiger charge is -2.32. The minimum absolute atomic E-state index is 0.0272. The molecule has 40 heavy (non-hydrogen) atoms. The Morgan fingerprint density at radius 3 is 2.88 bits per heavy atom. The third-order valence-corrected chi connectivity index (χ3v) is 8.74. The Morgan fingerprint density at radius 2 is 2.05 bits per heavy atom. The average molecular weight is 547 g/mol. The van der Waals surface area contributed by atoms with Gasteiger partial charge in [0, 0.05) is 57.3 Å². The number of aromatic hydroxyl groups is 1. The predicted octanol–water partition coefficient (Wildman–Crippen LogP) is 4.30. The van der Waals surface area contributed by atoms with E-state index in [2.05, 4.69) is 20.2 Å². The Bertz CT molecular complexity index is 1600. The van der Waals surface area contributed by atoms with Crippen LogP contribution in [0.2, 0.25) is 0 Å². The van der Waals surface area contributed by atoms with Gasteiger partial charge in [0.25, 0.3) is 0 Å². The average Bonchev–Trinajstić information content (AvgIpc) is 3.44. The summed E-state index contributed by atoms with van der Waals surface area (Å²) in [5.74, 6) is 0.423. The van der Waals surface area contributed by atoms with Crippen LogP contribution in [0.3, 0.4) is 0 Å². The molecule has 0 unspecified atom stereocenters. The van der Waals surface area contributed by atoms with E-state index in [4.69, 9.17) is 9.72 Å². The number of phenolic OH excluding ortho intramolecular Hbond substituents is 1. The lowest BCUT2D eigenvalue weighted by Crippen LogP contribution is -2.47. The van der Waals surface area contributed by atoms with Gasteiger partial charge in [0.1, 0.15) is 35.6 Å². The molecule has 10 heteroatoms. The van der Waals surface area contributed by atoms with Gasteiger partial charge in [-0.15, -0.1) is 0 Å². The van der Waals surface area contributed by atoms with Gasteiger partial charge >= 0.3 is 6.01 Å². The van der Waals surface area contributed by atoms with Crippen LogP contribution in [-0.4, -0.2) is 83.0 Å². The zero-order valence-corrected chi connectivity index (χ0v) is 22.4. The molecule has 3 aliphatic rings. The number of anilines is 1. The van der Waals surface area contributed by atoms with Crippen molar-refractivity contribution in [3.8, 4) is 23.0 Å². The number of aromatic nitrogens is 3. The van der Waals surface area contributed by atoms with E-state index >= 15 is 4.39 Å². The number of fused-ring (bicyclic) bond motifs is 3. The SMILES string of the molecule is CN(CC1CNC1)c1nc(OC[C@@]23CCCN2C[C@H](F)C3)nc2c(F)c(-c3cc(O)cc4ccccc34)ncc12. The zero-order chi connectivity index (χ0) is 27.4. The topological polar surface area (TPSA) is 86.6 Å². The fourth-order valence-corrected chi connectivity index (χ4v) is 6.65. The molecule has 0 aliphatic carbocycles. The Labute approximate surface area is 231 Å². The summed E-state index contributed by atoms with van der Waals surface area (Å²) in [5.41, 5.74) is 0.306. The Balaban J connectivity index is 1.32. The van der Waals surface area contributed by atoms with E-state index in [0.717, 1.165) is 49.8 Å². The Morgan fingerprint density at radius 1 is 1.20 bits per heavy atom. The molecular formula is C30H32F2N6O2. The number of hydrogen-bond acceptors (Lipinski definition) is 8. The summed E-state index contributed by atoms with van der Waals surface area (Å²) in [6.07, 6.45) is 3.01. The molecule has 0 radical (unpaired) electrons. The highest BCUT2D eigenvalue weighted by atomic mass is 19.1. The summed E-state index contributed by atoms with van der Waals surface area (Å²) < 4.78 is 36.9. The largest absolute Gasteiger partial charge is 0.508 e. The van der Waals surface area contributed by atoms with Crippen molar-refractivity contribution in [3.05, 3.63) is 48.4 Å². The number of alkyl halides is 1. The molecule has 2 atom stereocenters. The van der Waals surface area contributed by atoms with Crippen LogP contribution in [0.15, 0.2) is 42.6 Å². The molecule has 3 saturated heterocycles. The highest BCUT2D eigenvalue weighted by Gasteiger charge is 2.49. The van der Waals surface area contributed by atoms with E-state index < -0.39 is 12.0 Å². The molecule has 0 spiro atoms. The van der Waals surface area contributed by atoms with E-state index in [0.29, 0.717) is 35.7 Å². The molecule has 2 aromatic heterocycles. The standard InChI is InChI=1S/C30H32F2N6O2/c1-37(15-18-12-33-13-18)28-24-14-34-26(23-10-21(39)9-19-5-2-3-6-22(19)23)25(32)27(24)35-29(36-28)40-17-30-7-4-8-38(30)16-20(31)11-30/h2-3,5-6,9-10,14,18,20,33,39H,4,7-8,11-13,15-17H2,1H3/t20-,30+/m1/s1. The third-order valence-electron chi connectivity index (χ3n) is 8.74. The molecule has 5 heterocycles. The smallest absolute Gasteiger partial charge is 0.319 e. The highest BCUT2D eigenvalue weighted by Crippen LogP contribution is 2.41. The number of nitrogens with one attached hydrogen (secondary N) is 1. The molecule has 2 aromatic carbocycles. The summed E-state index contributed by atoms with van der Waals surface area (Å²) in [6, 6.07) is 10.7. The maximum absolute atomic E-state index is 16.4. The number of pyridine rings is 1. The van der Waals surface area contributed by atoms with Crippen molar-refractivity contribution in [2.24, 2.45) is 5.92 Å². The first-order valence-corrected chi connectivity index (χ1v) is 13.9. The third kappa shape index (κ3) is 4.30. The maximum atomic E-state index is 16.4. The molecular weight excluding hydrogens is 514 g/mol. The van der Waals surface area contributed by atoms with E-state index in [9.17, 15) is 9.50 Å². The van der Waals surface area contributed by atoms with Crippen LogP contribution in [-0.2, 0) is 0 Å². The van der Waals surface area contributed by atoms with Crippen LogP contribution < -0.4 is 15.0 Å². The first-order valence-electron chi connectivity index (χ1n) is 13.9. The number of benzene rings is 2. The molecule has 0 saturated carbocycles. The van der Waals surface area contributed by atoms with Crippen LogP contribution >= 0.6 is 0 Å². The van der Waals surface area contributed by atoms with Crippen molar-refractivity contribution in [2.45, 2.75) is 31.0 Å². The van der Waals surface area contributed by atoms with Crippen LogP contribution in [0.5, 0.6) is 11.8 Å². The molecule has 0 amide bonds. The van der Waals surface area contributed by atoms with E-state index in [-0.39, 0.29) is 35.1 Å². The fourth-order valence-electron chi connectivity index (χ4n) is 6.65. The monoisotopic (exact) mass is 546 g/mol. The van der Waals surface area contributed by atoms with Crippen LogP contribution in [0.25, 0.3) is 32.9 Å². The minimum Gasteiger partial charge on any atom is -0.508 e. The summed E-state index contributed by atoms with van der Waals surface area (Å²) in [5, 5.41) is 15.7. The second kappa shape index (κ2) is 9.78. The Kier molecular flexibility index (Phi) is 6.20. The van der Waals surface area contributed by atoms with Crippen molar-refractivity contribution in [2.75, 3.05) is 51.3 Å². The predicted molar refractivity (Wildman–Crippen MR) is 150 cm³/mol. The molecule has 2 N–H and O–H groups in total. The maximum Gasteiger partial charge on any atom is 0.319 e. The molecule has 3 fully saturated rings. The summed E-state index contributed by atoms with van der Waals surface area (Å²) >= 11 is 0. The highest BCUT2D eigenvalue weighted by molar-refractivity contribution is 5.99. The number of hydrogen-bond donors (Lipinski definition) is 2. The van der Waals surface area contributed by atoms with Gasteiger partial charge in [-0.3, -0.25) is 9.88 Å². The van der Waals surface area contributed by atoms with Crippen LogP contribution in [0, 0.1) is 11.7 Å². The van der Waals surface area contributed by atoms with Crippen LogP contribution in [0.1, 0.15) is 19.3 Å². The molecule has 7 rings (SSSR count). The Hall–Kier alpha value is -3.63. The van der Waals surface area contributed by atoms with Gasteiger partial charge < -0.3 is 20.1 Å². The molecule has 0 bridgehead atoms. The molecule has 208 valence electrons. The lowest BCUT2D eigenvalue weighted by molar-refractivity contribution is 0.107. The van der Waals surface area contributed by atoms with Gasteiger partial charge in [-0.1, -0.05) is 24.3 Å². The van der Waals surface area contributed by atoms with Crippen molar-refractivity contribution in [1.29, 1.82) is 0 Å². The number of rotatable bonds is 7. The van der Waals surface area contributed by atoms with E-state index in [1.165, 1.54) is 6.07 Å². The second-order valence-corrected chi connectivity index (χ2v) is 11.5. The first kappa shape index (κ1) is 25.3. The van der Waals surface area contributed by atoms with E-state index in [1.54, 1.807) is 12.3 Å². The van der Waals surface area contributed by atoms with Gasteiger partial charge in [0.05, 0.1) is 10.9 Å². The first-order chi connectivity index (χ1) is 19.4. The number of phenols is 1. The van der Waals surface area contributed by atoms with Crippen molar-refractivity contribution in [3.63, 3.8) is 0 Å².